The smallest absolute Gasteiger partial charge is 0.222 e. The van der Waals surface area contributed by atoms with Gasteiger partial charge in [-0.25, -0.2) is 0 Å². The molecule has 1 aliphatic rings. The monoisotopic (exact) mass is 272 g/mol. The van der Waals surface area contributed by atoms with Crippen LogP contribution in [0.15, 0.2) is 24.3 Å². The number of aliphatic hydroxyl groups excluding tert-OH is 1. The predicted octanol–water partition coefficient (Wildman–Crippen LogP) is 1.72. The molecule has 4 nitrogen and oxygen atoms in total. The summed E-state index contributed by atoms with van der Waals surface area (Å²) < 4.78 is 0. The number of carbonyl (C=O) groups excluding carboxylic acids is 1. The fourth-order valence-corrected chi connectivity index (χ4v) is 2.52. The zero-order valence-electron chi connectivity index (χ0n) is 11.6. The molecule has 1 heterocycles. The molecule has 2 rings (SSSR count). The van der Waals surface area contributed by atoms with Gasteiger partial charge in [0, 0.05) is 26.1 Å². The van der Waals surface area contributed by atoms with Crippen molar-refractivity contribution < 1.29 is 9.90 Å². The first-order chi connectivity index (χ1) is 9.72. The van der Waals surface area contributed by atoms with Crippen LogP contribution in [0.3, 0.4) is 0 Å². The molecule has 0 unspecified atom stereocenters. The summed E-state index contributed by atoms with van der Waals surface area (Å²) >= 11 is 0. The Balaban J connectivity index is 1.79. The lowest BCUT2D eigenvalue weighted by molar-refractivity contribution is -0.132. The second-order valence-corrected chi connectivity index (χ2v) is 5.32. The summed E-state index contributed by atoms with van der Waals surface area (Å²) in [7, 11) is 0. The Hall–Kier alpha value is -1.86. The van der Waals surface area contributed by atoms with Crippen molar-refractivity contribution in [1.29, 1.82) is 5.26 Å². The summed E-state index contributed by atoms with van der Waals surface area (Å²) in [4.78, 5) is 14.0. The summed E-state index contributed by atoms with van der Waals surface area (Å²) in [5.41, 5.74) is 1.73. The van der Waals surface area contributed by atoms with Crippen LogP contribution in [0.2, 0.25) is 0 Å². The zero-order valence-corrected chi connectivity index (χ0v) is 11.6. The third kappa shape index (κ3) is 3.82. The molecule has 0 radical (unpaired) electrons. The van der Waals surface area contributed by atoms with Gasteiger partial charge in [-0.15, -0.1) is 0 Å². The number of aliphatic hydroxyl groups is 1. The van der Waals surface area contributed by atoms with E-state index in [2.05, 4.69) is 6.07 Å². The lowest BCUT2D eigenvalue weighted by atomic mass is 9.97. The molecule has 1 N–H and O–H groups in total. The molecule has 0 aliphatic carbocycles. The minimum absolute atomic E-state index is 0.186. The SMILES string of the molecule is N#Cc1ccc(CCC(=O)N2CCC(CO)CC2)cc1. The minimum Gasteiger partial charge on any atom is -0.396 e. The summed E-state index contributed by atoms with van der Waals surface area (Å²) in [6.07, 6.45) is 3.03. The zero-order chi connectivity index (χ0) is 14.4. The minimum atomic E-state index is 0.186. The molecule has 106 valence electrons. The van der Waals surface area contributed by atoms with Crippen LogP contribution in [0.4, 0.5) is 0 Å². The number of nitrogens with zero attached hydrogens (tertiary/aromatic N) is 2. The number of likely N-dealkylation sites (tertiary alicyclic amines) is 1. The number of piperidine rings is 1. The lowest BCUT2D eigenvalue weighted by Gasteiger charge is -2.31. The number of benzene rings is 1. The number of aryl methyl sites for hydroxylation is 1. The molecule has 0 bridgehead atoms. The van der Waals surface area contributed by atoms with Crippen LogP contribution in [-0.2, 0) is 11.2 Å². The van der Waals surface area contributed by atoms with E-state index in [9.17, 15) is 4.79 Å². The van der Waals surface area contributed by atoms with Crippen LogP contribution in [0.25, 0.3) is 0 Å². The van der Waals surface area contributed by atoms with E-state index in [1.165, 1.54) is 0 Å². The van der Waals surface area contributed by atoms with Crippen LogP contribution in [0, 0.1) is 17.2 Å². The highest BCUT2D eigenvalue weighted by atomic mass is 16.3. The third-order valence-electron chi connectivity index (χ3n) is 3.94. The van der Waals surface area contributed by atoms with Crippen molar-refractivity contribution in [2.75, 3.05) is 19.7 Å². The Morgan fingerprint density at radius 1 is 1.30 bits per heavy atom. The van der Waals surface area contributed by atoms with Gasteiger partial charge in [0.15, 0.2) is 0 Å². The lowest BCUT2D eigenvalue weighted by Crippen LogP contribution is -2.39. The van der Waals surface area contributed by atoms with E-state index in [1.807, 2.05) is 17.0 Å². The fourth-order valence-electron chi connectivity index (χ4n) is 2.52. The molecule has 0 aromatic heterocycles. The quantitative estimate of drug-likeness (QED) is 0.907. The second kappa shape index (κ2) is 7.06. The molecule has 1 amide bonds. The highest BCUT2D eigenvalue weighted by Gasteiger charge is 2.21. The number of amides is 1. The van der Waals surface area contributed by atoms with Crippen molar-refractivity contribution in [3.8, 4) is 6.07 Å². The summed E-state index contributed by atoms with van der Waals surface area (Å²) in [5, 5.41) is 17.8. The van der Waals surface area contributed by atoms with E-state index in [0.29, 0.717) is 24.3 Å². The van der Waals surface area contributed by atoms with Gasteiger partial charge in [-0.1, -0.05) is 12.1 Å². The number of carbonyl (C=O) groups is 1. The Bertz CT molecular complexity index is 482. The van der Waals surface area contributed by atoms with Gasteiger partial charge < -0.3 is 10.0 Å². The van der Waals surface area contributed by atoms with Gasteiger partial charge in [-0.05, 0) is 42.9 Å². The average molecular weight is 272 g/mol. The standard InChI is InChI=1S/C16H20N2O2/c17-11-14-3-1-13(2-4-14)5-6-16(20)18-9-7-15(12-19)8-10-18/h1-4,15,19H,5-10,12H2. The molecule has 1 saturated heterocycles. The molecule has 1 aliphatic heterocycles. The highest BCUT2D eigenvalue weighted by molar-refractivity contribution is 5.76. The Labute approximate surface area is 119 Å². The largest absolute Gasteiger partial charge is 0.396 e. The number of hydrogen-bond acceptors (Lipinski definition) is 3. The predicted molar refractivity (Wildman–Crippen MR) is 75.9 cm³/mol. The second-order valence-electron chi connectivity index (χ2n) is 5.32. The maximum atomic E-state index is 12.1. The van der Waals surface area contributed by atoms with Crippen molar-refractivity contribution >= 4 is 5.91 Å². The molecule has 1 fully saturated rings. The van der Waals surface area contributed by atoms with Crippen molar-refractivity contribution in [2.45, 2.75) is 25.7 Å². The highest BCUT2D eigenvalue weighted by Crippen LogP contribution is 2.17. The van der Waals surface area contributed by atoms with Crippen molar-refractivity contribution in [2.24, 2.45) is 5.92 Å². The van der Waals surface area contributed by atoms with Gasteiger partial charge in [-0.2, -0.15) is 5.26 Å². The maximum Gasteiger partial charge on any atom is 0.222 e. The van der Waals surface area contributed by atoms with E-state index in [4.69, 9.17) is 10.4 Å². The topological polar surface area (TPSA) is 64.3 Å². The van der Waals surface area contributed by atoms with Crippen LogP contribution < -0.4 is 0 Å². The van der Waals surface area contributed by atoms with Gasteiger partial charge in [0.05, 0.1) is 11.6 Å². The summed E-state index contributed by atoms with van der Waals surface area (Å²) in [5.74, 6) is 0.545. The van der Waals surface area contributed by atoms with Crippen molar-refractivity contribution in [1.82, 2.24) is 4.90 Å². The van der Waals surface area contributed by atoms with Crippen LogP contribution in [-0.4, -0.2) is 35.6 Å². The van der Waals surface area contributed by atoms with Crippen molar-refractivity contribution in [3.05, 3.63) is 35.4 Å². The molecule has 0 spiro atoms. The van der Waals surface area contributed by atoms with Crippen molar-refractivity contribution in [3.63, 3.8) is 0 Å². The first kappa shape index (κ1) is 14.5. The van der Waals surface area contributed by atoms with Gasteiger partial charge in [-0.3, -0.25) is 4.79 Å². The van der Waals surface area contributed by atoms with E-state index in [0.717, 1.165) is 31.5 Å². The summed E-state index contributed by atoms with van der Waals surface area (Å²) in [6.45, 7) is 1.75. The van der Waals surface area contributed by atoms with E-state index in [-0.39, 0.29) is 12.5 Å². The molecule has 0 atom stereocenters. The normalized spacial score (nSPS) is 15.9. The fraction of sp³-hybridized carbons (Fsp3) is 0.500. The van der Waals surface area contributed by atoms with E-state index >= 15 is 0 Å². The molecular formula is C16H20N2O2. The Morgan fingerprint density at radius 3 is 2.50 bits per heavy atom. The van der Waals surface area contributed by atoms with Gasteiger partial charge in [0.25, 0.3) is 0 Å². The van der Waals surface area contributed by atoms with Gasteiger partial charge >= 0.3 is 0 Å². The number of hydrogen-bond donors (Lipinski definition) is 1. The Kier molecular flexibility index (Phi) is 5.14. The molecule has 1 aromatic carbocycles. The van der Waals surface area contributed by atoms with E-state index < -0.39 is 0 Å². The molecule has 4 heteroatoms. The number of nitriles is 1. The molecular weight excluding hydrogens is 252 g/mol. The van der Waals surface area contributed by atoms with Crippen LogP contribution in [0.1, 0.15) is 30.4 Å². The summed E-state index contributed by atoms with van der Waals surface area (Å²) in [6, 6.07) is 9.47. The first-order valence-electron chi connectivity index (χ1n) is 7.10. The molecule has 20 heavy (non-hydrogen) atoms. The van der Waals surface area contributed by atoms with Gasteiger partial charge in [0.2, 0.25) is 5.91 Å². The molecule has 1 aromatic rings. The van der Waals surface area contributed by atoms with Crippen LogP contribution in [0.5, 0.6) is 0 Å². The molecule has 0 saturated carbocycles. The Morgan fingerprint density at radius 2 is 1.95 bits per heavy atom. The van der Waals surface area contributed by atoms with Crippen LogP contribution >= 0.6 is 0 Å². The average Bonchev–Trinajstić information content (AvgIpc) is 2.53. The number of rotatable bonds is 4. The third-order valence-corrected chi connectivity index (χ3v) is 3.94. The maximum absolute atomic E-state index is 12.1. The van der Waals surface area contributed by atoms with Gasteiger partial charge in [0.1, 0.15) is 0 Å². The van der Waals surface area contributed by atoms with E-state index in [1.54, 1.807) is 12.1 Å². The first-order valence-corrected chi connectivity index (χ1v) is 7.10.